The second-order valence-corrected chi connectivity index (χ2v) is 10.6. The molecule has 2 aliphatic rings. The third-order valence-electron chi connectivity index (χ3n) is 6.46. The van der Waals surface area contributed by atoms with Gasteiger partial charge in [-0.3, -0.25) is 4.90 Å². The molecule has 0 aliphatic carbocycles. The van der Waals surface area contributed by atoms with Crippen molar-refractivity contribution in [2.75, 3.05) is 38.3 Å². The van der Waals surface area contributed by atoms with Crippen LogP contribution in [0, 0.1) is 22.7 Å². The smallest absolute Gasteiger partial charge is 0.379 e. The molecular formula is C25H22F3N5O4S. The molecule has 9 nitrogen and oxygen atoms in total. The van der Waals surface area contributed by atoms with Gasteiger partial charge in [0.25, 0.3) is 0 Å². The number of rotatable bonds is 4. The Balaban J connectivity index is 1.89. The van der Waals surface area contributed by atoms with E-state index in [1.54, 1.807) is 0 Å². The molecule has 2 amide bonds. The van der Waals surface area contributed by atoms with Gasteiger partial charge in [0.05, 0.1) is 58.7 Å². The summed E-state index contributed by atoms with van der Waals surface area (Å²) in [6.07, 6.45) is -4.65. The number of morpholine rings is 1. The Kier molecular flexibility index (Phi) is 7.21. The minimum absolute atomic E-state index is 0.0346. The largest absolute Gasteiger partial charge is 0.416 e. The van der Waals surface area contributed by atoms with E-state index in [2.05, 4.69) is 0 Å². The van der Waals surface area contributed by atoms with E-state index in [-0.39, 0.29) is 59.3 Å². The van der Waals surface area contributed by atoms with Crippen LogP contribution in [0.4, 0.5) is 23.7 Å². The number of nitrogens with zero attached hydrogens (tertiary/aromatic N) is 5. The minimum atomic E-state index is -4.65. The van der Waals surface area contributed by atoms with Gasteiger partial charge in [0.2, 0.25) is 10.0 Å². The van der Waals surface area contributed by atoms with Crippen molar-refractivity contribution in [3.8, 4) is 12.1 Å². The number of halogens is 3. The maximum Gasteiger partial charge on any atom is 0.416 e. The molecule has 198 valence electrons. The molecule has 1 saturated heterocycles. The summed E-state index contributed by atoms with van der Waals surface area (Å²) in [5, 5.41) is 19.5. The van der Waals surface area contributed by atoms with Gasteiger partial charge in [-0.1, -0.05) is 12.1 Å². The SMILES string of the molecule is CC1=C(C#N)[C@@H](c2ccc(C#N)cc2S(=O)(=O)N2CCOCC2)N(C)C(=O)N1c1cccc(C(F)(F)F)c1. The minimum Gasteiger partial charge on any atom is -0.379 e. The van der Waals surface area contributed by atoms with E-state index < -0.39 is 33.8 Å². The summed E-state index contributed by atoms with van der Waals surface area (Å²) < 4.78 is 73.7. The lowest BCUT2D eigenvalue weighted by molar-refractivity contribution is -0.137. The molecule has 0 saturated carbocycles. The number of alkyl halides is 3. The van der Waals surface area contributed by atoms with Gasteiger partial charge in [-0.2, -0.15) is 28.0 Å². The molecule has 0 radical (unpaired) electrons. The van der Waals surface area contributed by atoms with E-state index in [1.807, 2.05) is 12.1 Å². The van der Waals surface area contributed by atoms with Crippen molar-refractivity contribution < 1.29 is 31.1 Å². The number of allylic oxidation sites excluding steroid dienone is 1. The third-order valence-corrected chi connectivity index (χ3v) is 8.41. The van der Waals surface area contributed by atoms with Crippen molar-refractivity contribution in [3.63, 3.8) is 0 Å². The number of likely N-dealkylation sites (N-methyl/N-ethyl adjacent to an activating group) is 1. The van der Waals surface area contributed by atoms with E-state index in [9.17, 15) is 36.9 Å². The van der Waals surface area contributed by atoms with Crippen LogP contribution in [-0.2, 0) is 20.9 Å². The van der Waals surface area contributed by atoms with Crippen molar-refractivity contribution in [1.29, 1.82) is 10.5 Å². The van der Waals surface area contributed by atoms with Gasteiger partial charge in [-0.05, 0) is 37.3 Å². The van der Waals surface area contributed by atoms with Crippen molar-refractivity contribution in [2.45, 2.75) is 24.0 Å². The zero-order chi connectivity index (χ0) is 27.8. The maximum absolute atomic E-state index is 13.6. The fraction of sp³-hybridized carbons (Fsp3) is 0.320. The van der Waals surface area contributed by atoms with Gasteiger partial charge in [-0.15, -0.1) is 0 Å². The Bertz CT molecular complexity index is 1500. The number of hydrogen-bond donors (Lipinski definition) is 0. The molecule has 38 heavy (non-hydrogen) atoms. The Morgan fingerprint density at radius 1 is 1.05 bits per heavy atom. The summed E-state index contributed by atoms with van der Waals surface area (Å²) in [5.74, 6) is 0. The maximum atomic E-state index is 13.6. The van der Waals surface area contributed by atoms with Gasteiger partial charge < -0.3 is 9.64 Å². The van der Waals surface area contributed by atoms with E-state index >= 15 is 0 Å². The van der Waals surface area contributed by atoms with Crippen LogP contribution in [0.1, 0.15) is 29.7 Å². The van der Waals surface area contributed by atoms with Gasteiger partial charge in [0.15, 0.2) is 0 Å². The molecule has 13 heteroatoms. The standard InChI is InChI=1S/C25H22F3N5O4S/c1-16-21(15-30)23(31(2)24(34)33(16)19-5-3-4-18(13-19)25(26,27)28)20-7-6-17(14-29)12-22(20)38(35,36)32-8-10-37-11-9-32/h3-7,12-13,23H,8-11H2,1-2H3/t23-/m1/s1. The Hall–Kier alpha value is -3.91. The number of amides is 2. The lowest BCUT2D eigenvalue weighted by atomic mass is 9.93. The van der Waals surface area contributed by atoms with Crippen LogP contribution in [0.25, 0.3) is 0 Å². The molecule has 0 aromatic heterocycles. The first-order chi connectivity index (χ1) is 17.9. The lowest BCUT2D eigenvalue weighted by Crippen LogP contribution is -2.48. The van der Waals surface area contributed by atoms with E-state index in [0.717, 1.165) is 28.0 Å². The second kappa shape index (κ2) is 10.1. The van der Waals surface area contributed by atoms with Gasteiger partial charge in [-0.25, -0.2) is 13.2 Å². The summed E-state index contributed by atoms with van der Waals surface area (Å²) in [5.41, 5.74) is -0.890. The summed E-state index contributed by atoms with van der Waals surface area (Å²) in [7, 11) is -2.82. The molecule has 0 N–H and O–H groups in total. The van der Waals surface area contributed by atoms with E-state index in [0.29, 0.717) is 0 Å². The monoisotopic (exact) mass is 545 g/mol. The zero-order valence-corrected chi connectivity index (χ0v) is 21.2. The average Bonchev–Trinajstić information content (AvgIpc) is 2.90. The molecule has 1 fully saturated rings. The molecule has 2 aliphatic heterocycles. The summed E-state index contributed by atoms with van der Waals surface area (Å²) in [6, 6.07) is 10.1. The normalized spacial score (nSPS) is 19.3. The molecular weight excluding hydrogens is 523 g/mol. The Morgan fingerprint density at radius 3 is 2.34 bits per heavy atom. The number of hydrogen-bond acceptors (Lipinski definition) is 6. The number of urea groups is 1. The van der Waals surface area contributed by atoms with E-state index in [1.165, 1.54) is 42.5 Å². The number of nitriles is 2. The highest BCUT2D eigenvalue weighted by atomic mass is 32.2. The number of sulfonamides is 1. The summed E-state index contributed by atoms with van der Waals surface area (Å²) in [4.78, 5) is 15.4. The molecule has 0 bridgehead atoms. The first-order valence-corrected chi connectivity index (χ1v) is 12.8. The second-order valence-electron chi connectivity index (χ2n) is 8.67. The number of carbonyl (C=O) groups excluding carboxylic acids is 1. The number of carbonyl (C=O) groups is 1. The predicted molar refractivity (Wildman–Crippen MR) is 129 cm³/mol. The molecule has 2 heterocycles. The molecule has 4 rings (SSSR count). The highest BCUT2D eigenvalue weighted by Gasteiger charge is 2.42. The summed E-state index contributed by atoms with van der Waals surface area (Å²) >= 11 is 0. The van der Waals surface area contributed by atoms with E-state index in [4.69, 9.17) is 4.74 Å². The number of anilines is 1. The lowest BCUT2D eigenvalue weighted by Gasteiger charge is -2.40. The molecule has 2 aromatic carbocycles. The van der Waals surface area contributed by atoms with Gasteiger partial charge in [0.1, 0.15) is 0 Å². The van der Waals surface area contributed by atoms with Crippen LogP contribution in [0.3, 0.4) is 0 Å². The van der Waals surface area contributed by atoms with Crippen LogP contribution in [0.2, 0.25) is 0 Å². The van der Waals surface area contributed by atoms with Gasteiger partial charge >= 0.3 is 12.2 Å². The van der Waals surface area contributed by atoms with Gasteiger partial charge in [0, 0.05) is 31.4 Å². The highest BCUT2D eigenvalue weighted by molar-refractivity contribution is 7.89. The fourth-order valence-corrected chi connectivity index (χ4v) is 6.20. The Morgan fingerprint density at radius 2 is 1.74 bits per heavy atom. The molecule has 1 atom stereocenters. The van der Waals surface area contributed by atoms with Crippen molar-refractivity contribution >= 4 is 21.7 Å². The first kappa shape index (κ1) is 27.1. The van der Waals surface area contributed by atoms with Crippen LogP contribution in [0.5, 0.6) is 0 Å². The Labute approximate surface area is 217 Å². The third kappa shape index (κ3) is 4.72. The quantitative estimate of drug-likeness (QED) is 0.573. The average molecular weight is 546 g/mol. The number of benzene rings is 2. The predicted octanol–water partition coefficient (Wildman–Crippen LogP) is 4.01. The topological polar surface area (TPSA) is 118 Å². The van der Waals surface area contributed by atoms with Crippen molar-refractivity contribution in [2.24, 2.45) is 0 Å². The summed E-state index contributed by atoms with van der Waals surface area (Å²) in [6.45, 7) is 1.95. The van der Waals surface area contributed by atoms with Crippen LogP contribution < -0.4 is 4.90 Å². The molecule has 0 spiro atoms. The molecule has 2 aromatic rings. The zero-order valence-electron chi connectivity index (χ0n) is 20.4. The molecule has 0 unspecified atom stereocenters. The first-order valence-electron chi connectivity index (χ1n) is 11.4. The van der Waals surface area contributed by atoms with Crippen LogP contribution >= 0.6 is 0 Å². The highest BCUT2D eigenvalue weighted by Crippen LogP contribution is 2.42. The van der Waals surface area contributed by atoms with Crippen molar-refractivity contribution in [3.05, 3.63) is 70.4 Å². The van der Waals surface area contributed by atoms with Crippen LogP contribution in [-0.4, -0.2) is 57.0 Å². The van der Waals surface area contributed by atoms with Crippen molar-refractivity contribution in [1.82, 2.24) is 9.21 Å². The number of ether oxygens (including phenoxy) is 1. The fourth-order valence-electron chi connectivity index (χ4n) is 4.53. The van der Waals surface area contributed by atoms with Crippen LogP contribution in [0.15, 0.2) is 58.6 Å².